The molecule has 9 nitrogen and oxygen atoms in total. The Morgan fingerprint density at radius 2 is 1.84 bits per heavy atom. The second kappa shape index (κ2) is 10.0. The van der Waals surface area contributed by atoms with Gasteiger partial charge in [0.05, 0.1) is 46.2 Å². The number of methoxy groups -OCH3 is 1. The van der Waals surface area contributed by atoms with Crippen LogP contribution in [0.1, 0.15) is 15.9 Å². The summed E-state index contributed by atoms with van der Waals surface area (Å²) < 4.78 is 72.0. The van der Waals surface area contributed by atoms with E-state index in [-0.39, 0.29) is 32.7 Å². The van der Waals surface area contributed by atoms with E-state index in [1.807, 2.05) is 0 Å². The van der Waals surface area contributed by atoms with E-state index in [4.69, 9.17) is 4.74 Å². The number of halogens is 3. The molecule has 4 aromatic rings. The number of benzene rings is 2. The maximum Gasteiger partial charge on any atom is 0.416 e. The van der Waals surface area contributed by atoms with E-state index in [0.29, 0.717) is 5.75 Å². The number of anilines is 2. The van der Waals surface area contributed by atoms with Crippen molar-refractivity contribution in [3.8, 4) is 5.75 Å². The van der Waals surface area contributed by atoms with Crippen molar-refractivity contribution in [3.63, 3.8) is 0 Å². The third-order valence-electron chi connectivity index (χ3n) is 5.46. The molecule has 4 rings (SSSR count). The standard InChI is InChI=1S/C24H19F3N4O5S/c1-36-17-5-7-18(8-6-17)37(34,35)14-31(16-3-2-10-28-12-16)22-19-9-4-15(24(25,26)27)11-21(19)29-13-20(22)23(32)30-33/h2-13,33H,14H2,1H3,(H,30,32). The fraction of sp³-hybridized carbons (Fsp3) is 0.125. The van der Waals surface area contributed by atoms with E-state index in [1.54, 1.807) is 0 Å². The molecule has 0 aliphatic carbocycles. The number of carbonyl (C=O) groups excluding carboxylic acids is 1. The number of pyridine rings is 2. The van der Waals surface area contributed by atoms with Gasteiger partial charge in [-0.25, -0.2) is 13.9 Å². The van der Waals surface area contributed by atoms with Gasteiger partial charge in [-0.05, 0) is 48.5 Å². The van der Waals surface area contributed by atoms with Crippen molar-refractivity contribution in [1.82, 2.24) is 15.4 Å². The van der Waals surface area contributed by atoms with Gasteiger partial charge in [-0.15, -0.1) is 0 Å². The van der Waals surface area contributed by atoms with Crippen LogP contribution in [0, 0.1) is 0 Å². The van der Waals surface area contributed by atoms with Gasteiger partial charge in [0.1, 0.15) is 11.6 Å². The molecular weight excluding hydrogens is 513 g/mol. The Labute approximate surface area is 209 Å². The molecule has 0 radical (unpaired) electrons. The fourth-order valence-corrected chi connectivity index (χ4v) is 5.00. The van der Waals surface area contributed by atoms with E-state index in [1.165, 1.54) is 66.3 Å². The van der Waals surface area contributed by atoms with E-state index in [9.17, 15) is 31.6 Å². The third kappa shape index (κ3) is 5.32. The van der Waals surface area contributed by atoms with Crippen LogP contribution in [-0.4, -0.2) is 42.5 Å². The van der Waals surface area contributed by atoms with Crippen LogP contribution in [-0.2, 0) is 16.0 Å². The van der Waals surface area contributed by atoms with Crippen molar-refractivity contribution >= 4 is 38.0 Å². The molecule has 0 atom stereocenters. The SMILES string of the molecule is COc1ccc(S(=O)(=O)CN(c2cccnc2)c2c(C(=O)NO)cnc3cc(C(F)(F)F)ccc23)cc1. The predicted molar refractivity (Wildman–Crippen MR) is 127 cm³/mol. The van der Waals surface area contributed by atoms with Crippen LogP contribution in [0.2, 0.25) is 0 Å². The van der Waals surface area contributed by atoms with E-state index >= 15 is 0 Å². The predicted octanol–water partition coefficient (Wildman–Crippen LogP) is 4.35. The second-order valence-electron chi connectivity index (χ2n) is 7.75. The zero-order valence-electron chi connectivity index (χ0n) is 19.1. The highest BCUT2D eigenvalue weighted by Crippen LogP contribution is 2.38. The van der Waals surface area contributed by atoms with Gasteiger partial charge in [-0.2, -0.15) is 13.2 Å². The van der Waals surface area contributed by atoms with Gasteiger partial charge >= 0.3 is 6.18 Å². The number of hydrogen-bond acceptors (Lipinski definition) is 8. The number of carbonyl (C=O) groups is 1. The van der Waals surface area contributed by atoms with Crippen molar-refractivity contribution in [2.24, 2.45) is 0 Å². The molecule has 0 aliphatic heterocycles. The Morgan fingerprint density at radius 3 is 2.43 bits per heavy atom. The lowest BCUT2D eigenvalue weighted by Gasteiger charge is -2.27. The lowest BCUT2D eigenvalue weighted by molar-refractivity contribution is -0.137. The lowest BCUT2D eigenvalue weighted by Crippen LogP contribution is -2.29. The first-order valence-electron chi connectivity index (χ1n) is 10.5. The fourth-order valence-electron chi connectivity index (χ4n) is 3.68. The summed E-state index contributed by atoms with van der Waals surface area (Å²) >= 11 is 0. The van der Waals surface area contributed by atoms with Crippen LogP contribution in [0.3, 0.4) is 0 Å². The van der Waals surface area contributed by atoms with Crippen LogP contribution in [0.5, 0.6) is 5.75 Å². The summed E-state index contributed by atoms with van der Waals surface area (Å²) in [4.78, 5) is 21.7. The second-order valence-corrected chi connectivity index (χ2v) is 9.71. The summed E-state index contributed by atoms with van der Waals surface area (Å²) in [6.07, 6.45) is -0.910. The first-order chi connectivity index (χ1) is 17.5. The minimum absolute atomic E-state index is 0.0443. The highest BCUT2D eigenvalue weighted by molar-refractivity contribution is 7.91. The average molecular weight is 533 g/mol. The Kier molecular flexibility index (Phi) is 7.01. The number of sulfone groups is 1. The number of rotatable bonds is 7. The number of nitrogens with one attached hydrogen (secondary N) is 1. The number of aromatic nitrogens is 2. The number of ether oxygens (including phenoxy) is 1. The monoisotopic (exact) mass is 532 g/mol. The normalized spacial score (nSPS) is 11.8. The molecule has 0 unspecified atom stereocenters. The molecular formula is C24H19F3N4O5S. The Balaban J connectivity index is 1.96. The van der Waals surface area contributed by atoms with Crippen molar-refractivity contribution in [3.05, 3.63) is 84.3 Å². The highest BCUT2D eigenvalue weighted by Gasteiger charge is 2.32. The number of alkyl halides is 3. The zero-order chi connectivity index (χ0) is 26.8. The van der Waals surface area contributed by atoms with Gasteiger partial charge < -0.3 is 9.64 Å². The van der Waals surface area contributed by atoms with Gasteiger partial charge in [-0.3, -0.25) is 20.0 Å². The minimum Gasteiger partial charge on any atom is -0.497 e. The van der Waals surface area contributed by atoms with Crippen LogP contribution < -0.4 is 15.1 Å². The lowest BCUT2D eigenvalue weighted by atomic mass is 10.0. The molecule has 0 fully saturated rings. The molecule has 0 saturated heterocycles. The topological polar surface area (TPSA) is 122 Å². The van der Waals surface area contributed by atoms with Crippen LogP contribution in [0.4, 0.5) is 24.5 Å². The van der Waals surface area contributed by atoms with Crippen LogP contribution >= 0.6 is 0 Å². The average Bonchev–Trinajstić information content (AvgIpc) is 2.90. The van der Waals surface area contributed by atoms with E-state index in [2.05, 4.69) is 9.97 Å². The number of hydroxylamine groups is 1. The van der Waals surface area contributed by atoms with Gasteiger partial charge in [0.25, 0.3) is 5.91 Å². The molecule has 13 heteroatoms. The molecule has 192 valence electrons. The summed E-state index contributed by atoms with van der Waals surface area (Å²) in [5.74, 6) is -1.33. The van der Waals surface area contributed by atoms with Crippen molar-refractivity contribution < 1.29 is 36.3 Å². The maximum atomic E-state index is 13.4. The molecule has 2 N–H and O–H groups in total. The molecule has 2 heterocycles. The summed E-state index contributed by atoms with van der Waals surface area (Å²) in [5, 5.41) is 9.36. The van der Waals surface area contributed by atoms with Gasteiger partial charge in [-0.1, -0.05) is 6.07 Å². The first kappa shape index (κ1) is 25.9. The molecule has 1 amide bonds. The van der Waals surface area contributed by atoms with Crippen LogP contribution in [0.25, 0.3) is 10.9 Å². The molecule has 0 bridgehead atoms. The van der Waals surface area contributed by atoms with E-state index < -0.39 is 33.4 Å². The largest absolute Gasteiger partial charge is 0.497 e. The summed E-state index contributed by atoms with van der Waals surface area (Å²) in [6.45, 7) is 0. The number of hydrogen-bond donors (Lipinski definition) is 2. The molecule has 2 aromatic carbocycles. The van der Waals surface area contributed by atoms with Crippen molar-refractivity contribution in [1.29, 1.82) is 0 Å². The van der Waals surface area contributed by atoms with Crippen molar-refractivity contribution in [2.75, 3.05) is 17.9 Å². The first-order valence-corrected chi connectivity index (χ1v) is 12.2. The molecule has 0 aliphatic rings. The minimum atomic E-state index is -4.65. The summed E-state index contributed by atoms with van der Waals surface area (Å²) in [6, 6.07) is 11.4. The maximum absolute atomic E-state index is 13.4. The van der Waals surface area contributed by atoms with E-state index in [0.717, 1.165) is 24.4 Å². The smallest absolute Gasteiger partial charge is 0.416 e. The molecule has 37 heavy (non-hydrogen) atoms. The van der Waals surface area contributed by atoms with Gasteiger partial charge in [0.2, 0.25) is 0 Å². The summed E-state index contributed by atoms with van der Waals surface area (Å²) in [5.41, 5.74) is 0.211. The zero-order valence-corrected chi connectivity index (χ0v) is 19.9. The molecule has 2 aromatic heterocycles. The Morgan fingerprint density at radius 1 is 1.11 bits per heavy atom. The molecule has 0 spiro atoms. The quantitative estimate of drug-likeness (QED) is 0.266. The highest BCUT2D eigenvalue weighted by atomic mass is 32.2. The third-order valence-corrected chi connectivity index (χ3v) is 7.05. The van der Waals surface area contributed by atoms with Gasteiger partial charge in [0, 0.05) is 17.8 Å². The Bertz CT molecular complexity index is 1550. The number of fused-ring (bicyclic) bond motifs is 1. The Hall–Kier alpha value is -4.23. The van der Waals surface area contributed by atoms with Gasteiger partial charge in [0.15, 0.2) is 9.84 Å². The van der Waals surface area contributed by atoms with Crippen molar-refractivity contribution in [2.45, 2.75) is 11.1 Å². The number of amides is 1. The van der Waals surface area contributed by atoms with Crippen LogP contribution in [0.15, 0.2) is 78.1 Å². The number of nitrogens with zero attached hydrogens (tertiary/aromatic N) is 3. The summed E-state index contributed by atoms with van der Waals surface area (Å²) in [7, 11) is -2.65. The molecule has 0 saturated carbocycles.